The van der Waals surface area contributed by atoms with Gasteiger partial charge >= 0.3 is 0 Å². The highest BCUT2D eigenvalue weighted by Gasteiger charge is 2.05. The zero-order chi connectivity index (χ0) is 16.8. The van der Waals surface area contributed by atoms with Crippen LogP contribution in [0.2, 0.25) is 0 Å². The number of hydrogen-bond acceptors (Lipinski definition) is 2. The summed E-state index contributed by atoms with van der Waals surface area (Å²) in [5.41, 5.74) is 5.86. The van der Waals surface area contributed by atoms with Crippen LogP contribution in [0.15, 0.2) is 36.4 Å². The second-order valence-corrected chi connectivity index (χ2v) is 6.00. The lowest BCUT2D eigenvalue weighted by Crippen LogP contribution is -2.27. The molecule has 0 saturated heterocycles. The normalized spacial score (nSPS) is 10.4. The van der Waals surface area contributed by atoms with E-state index in [-0.39, 0.29) is 5.91 Å². The van der Waals surface area contributed by atoms with E-state index in [1.54, 1.807) is 7.11 Å². The maximum absolute atomic E-state index is 12.0. The number of aryl methyl sites for hydroxylation is 3. The van der Waals surface area contributed by atoms with Crippen LogP contribution in [-0.2, 0) is 17.6 Å². The standard InChI is InChI=1S/C20H25NO2/c1-14-5-6-18(11-15(14)2)13-20(22)21-10-9-17-7-8-19(23-4)16(3)12-17/h5-8,11-12H,9-10,13H2,1-4H3,(H,21,22). The zero-order valence-corrected chi connectivity index (χ0v) is 14.4. The Morgan fingerprint density at radius 2 is 1.65 bits per heavy atom. The summed E-state index contributed by atoms with van der Waals surface area (Å²) in [5.74, 6) is 0.964. The molecule has 0 bridgehead atoms. The minimum atomic E-state index is 0.0680. The van der Waals surface area contributed by atoms with Crippen molar-refractivity contribution in [3.05, 3.63) is 64.2 Å². The molecule has 3 nitrogen and oxygen atoms in total. The average molecular weight is 311 g/mol. The van der Waals surface area contributed by atoms with Gasteiger partial charge in [0.1, 0.15) is 5.75 Å². The van der Waals surface area contributed by atoms with Crippen molar-refractivity contribution in [2.24, 2.45) is 0 Å². The predicted octanol–water partition coefficient (Wildman–Crippen LogP) is 3.52. The molecule has 1 N–H and O–H groups in total. The van der Waals surface area contributed by atoms with Crippen LogP contribution in [0.25, 0.3) is 0 Å². The van der Waals surface area contributed by atoms with Crippen LogP contribution in [0.5, 0.6) is 5.75 Å². The van der Waals surface area contributed by atoms with Crippen molar-refractivity contribution in [3.63, 3.8) is 0 Å². The lowest BCUT2D eigenvalue weighted by molar-refractivity contribution is -0.120. The maximum Gasteiger partial charge on any atom is 0.224 e. The molecule has 3 heteroatoms. The Labute approximate surface area is 138 Å². The molecule has 0 aromatic heterocycles. The Balaban J connectivity index is 1.82. The van der Waals surface area contributed by atoms with E-state index in [9.17, 15) is 4.79 Å². The second-order valence-electron chi connectivity index (χ2n) is 6.00. The van der Waals surface area contributed by atoms with Crippen LogP contribution < -0.4 is 10.1 Å². The number of rotatable bonds is 6. The Morgan fingerprint density at radius 3 is 2.30 bits per heavy atom. The summed E-state index contributed by atoms with van der Waals surface area (Å²) >= 11 is 0. The first-order chi connectivity index (χ1) is 11.0. The second kappa shape index (κ2) is 7.82. The van der Waals surface area contributed by atoms with E-state index in [0.717, 1.165) is 23.3 Å². The van der Waals surface area contributed by atoms with Gasteiger partial charge in [0.05, 0.1) is 13.5 Å². The van der Waals surface area contributed by atoms with Gasteiger partial charge in [-0.15, -0.1) is 0 Å². The van der Waals surface area contributed by atoms with Crippen LogP contribution in [0, 0.1) is 20.8 Å². The molecule has 0 aliphatic carbocycles. The number of amides is 1. The van der Waals surface area contributed by atoms with Gasteiger partial charge in [0.25, 0.3) is 0 Å². The molecule has 0 aliphatic rings. The van der Waals surface area contributed by atoms with E-state index >= 15 is 0 Å². The van der Waals surface area contributed by atoms with E-state index in [2.05, 4.69) is 37.4 Å². The molecule has 0 heterocycles. The Kier molecular flexibility index (Phi) is 5.80. The van der Waals surface area contributed by atoms with Gasteiger partial charge < -0.3 is 10.1 Å². The van der Waals surface area contributed by atoms with Crippen molar-refractivity contribution in [1.82, 2.24) is 5.32 Å². The number of carbonyl (C=O) groups excluding carboxylic acids is 1. The molecule has 2 rings (SSSR count). The predicted molar refractivity (Wildman–Crippen MR) is 94.1 cm³/mol. The highest BCUT2D eigenvalue weighted by Crippen LogP contribution is 2.18. The third kappa shape index (κ3) is 4.85. The fraction of sp³-hybridized carbons (Fsp3) is 0.350. The highest BCUT2D eigenvalue weighted by atomic mass is 16.5. The van der Waals surface area contributed by atoms with Crippen molar-refractivity contribution >= 4 is 5.91 Å². The molecule has 0 spiro atoms. The topological polar surface area (TPSA) is 38.3 Å². The van der Waals surface area contributed by atoms with Gasteiger partial charge in [-0.1, -0.05) is 30.3 Å². The van der Waals surface area contributed by atoms with E-state index in [1.165, 1.54) is 16.7 Å². The van der Waals surface area contributed by atoms with Crippen molar-refractivity contribution in [1.29, 1.82) is 0 Å². The molecule has 0 radical (unpaired) electrons. The molecule has 1 amide bonds. The number of ether oxygens (including phenoxy) is 1. The van der Waals surface area contributed by atoms with Gasteiger partial charge in [-0.2, -0.15) is 0 Å². The molecule has 0 saturated carbocycles. The number of methoxy groups -OCH3 is 1. The third-order valence-electron chi connectivity index (χ3n) is 4.13. The summed E-state index contributed by atoms with van der Waals surface area (Å²) in [7, 11) is 1.68. The van der Waals surface area contributed by atoms with Gasteiger partial charge in [-0.3, -0.25) is 4.79 Å². The molecule has 2 aromatic rings. The highest BCUT2D eigenvalue weighted by molar-refractivity contribution is 5.78. The van der Waals surface area contributed by atoms with Crippen LogP contribution in [0.4, 0.5) is 0 Å². The number of hydrogen-bond donors (Lipinski definition) is 1. The van der Waals surface area contributed by atoms with Crippen molar-refractivity contribution in [2.45, 2.75) is 33.6 Å². The molecular formula is C20H25NO2. The van der Waals surface area contributed by atoms with Crippen molar-refractivity contribution in [3.8, 4) is 5.75 Å². The molecule has 122 valence electrons. The maximum atomic E-state index is 12.0. The summed E-state index contributed by atoms with van der Waals surface area (Å²) in [6.45, 7) is 6.83. The largest absolute Gasteiger partial charge is 0.496 e. The van der Waals surface area contributed by atoms with Gasteiger partial charge in [0, 0.05) is 6.54 Å². The first-order valence-electron chi connectivity index (χ1n) is 7.96. The van der Waals surface area contributed by atoms with E-state index < -0.39 is 0 Å². The summed E-state index contributed by atoms with van der Waals surface area (Å²) in [4.78, 5) is 12.0. The monoisotopic (exact) mass is 311 g/mol. The van der Waals surface area contributed by atoms with Crippen LogP contribution in [-0.4, -0.2) is 19.6 Å². The first-order valence-corrected chi connectivity index (χ1v) is 7.96. The van der Waals surface area contributed by atoms with Crippen molar-refractivity contribution < 1.29 is 9.53 Å². The molecule has 0 aliphatic heterocycles. The Hall–Kier alpha value is -2.29. The SMILES string of the molecule is COc1ccc(CCNC(=O)Cc2ccc(C)c(C)c2)cc1C. The fourth-order valence-corrected chi connectivity index (χ4v) is 2.60. The average Bonchev–Trinajstić information content (AvgIpc) is 2.51. The minimum Gasteiger partial charge on any atom is -0.496 e. The van der Waals surface area contributed by atoms with Gasteiger partial charge in [-0.05, 0) is 61.1 Å². The smallest absolute Gasteiger partial charge is 0.224 e. The number of benzene rings is 2. The van der Waals surface area contributed by atoms with Crippen molar-refractivity contribution in [2.75, 3.05) is 13.7 Å². The van der Waals surface area contributed by atoms with Gasteiger partial charge in [0.2, 0.25) is 5.91 Å². The molecule has 23 heavy (non-hydrogen) atoms. The molecule has 0 fully saturated rings. The van der Waals surface area contributed by atoms with Crippen LogP contribution in [0.1, 0.15) is 27.8 Å². The van der Waals surface area contributed by atoms with E-state index in [0.29, 0.717) is 13.0 Å². The Morgan fingerprint density at radius 1 is 0.957 bits per heavy atom. The van der Waals surface area contributed by atoms with Crippen LogP contribution in [0.3, 0.4) is 0 Å². The summed E-state index contributed by atoms with van der Waals surface area (Å²) in [5, 5.41) is 2.99. The summed E-state index contributed by atoms with van der Waals surface area (Å²) in [6.07, 6.45) is 1.26. The minimum absolute atomic E-state index is 0.0680. The van der Waals surface area contributed by atoms with Crippen LogP contribution >= 0.6 is 0 Å². The first kappa shape index (κ1) is 17.1. The number of nitrogens with one attached hydrogen (secondary N) is 1. The van der Waals surface area contributed by atoms with Gasteiger partial charge in [-0.25, -0.2) is 0 Å². The summed E-state index contributed by atoms with van der Waals surface area (Å²) in [6, 6.07) is 12.3. The summed E-state index contributed by atoms with van der Waals surface area (Å²) < 4.78 is 5.26. The lowest BCUT2D eigenvalue weighted by Gasteiger charge is -2.09. The lowest BCUT2D eigenvalue weighted by atomic mass is 10.0. The van der Waals surface area contributed by atoms with E-state index in [4.69, 9.17) is 4.74 Å². The molecule has 0 atom stereocenters. The van der Waals surface area contributed by atoms with Gasteiger partial charge in [0.15, 0.2) is 0 Å². The zero-order valence-electron chi connectivity index (χ0n) is 14.4. The number of carbonyl (C=O) groups is 1. The molecular weight excluding hydrogens is 286 g/mol. The quantitative estimate of drug-likeness (QED) is 0.886. The third-order valence-corrected chi connectivity index (χ3v) is 4.13. The fourth-order valence-electron chi connectivity index (χ4n) is 2.60. The molecule has 2 aromatic carbocycles. The Bertz CT molecular complexity index is 692. The van der Waals surface area contributed by atoms with E-state index in [1.807, 2.05) is 25.1 Å². The molecule has 0 unspecified atom stereocenters.